The van der Waals surface area contributed by atoms with E-state index in [-0.39, 0.29) is 5.41 Å². The SMILES string of the molecule is C=C(C)C1CC=Cc2c1sc1ccccc21.C=CC1=C(/C2=C(\C)C(C)(C)C/C=C\C(N(/C(C)=C/C)/C(C)=C/C=C\C(=C)/C=C\C=C/C)=C/C2)CC2=C1C=CC=C=C2. The van der Waals surface area contributed by atoms with Crippen LogP contribution < -0.4 is 0 Å². The highest BCUT2D eigenvalue weighted by molar-refractivity contribution is 7.19. The Balaban J connectivity index is 0.000000318. The highest BCUT2D eigenvalue weighted by atomic mass is 32.1. The summed E-state index contributed by atoms with van der Waals surface area (Å²) >= 11 is 1.92. The third-order valence-electron chi connectivity index (χ3n) is 11.4. The molecule has 0 saturated carbocycles. The maximum atomic E-state index is 4.23. The van der Waals surface area contributed by atoms with Crippen LogP contribution in [0, 0.1) is 5.41 Å². The molecule has 4 aliphatic rings. The molecule has 292 valence electrons. The van der Waals surface area contributed by atoms with Crippen molar-refractivity contribution in [2.24, 2.45) is 5.41 Å². The normalized spacial score (nSPS) is 22.2. The summed E-state index contributed by atoms with van der Waals surface area (Å²) in [6.07, 6.45) is 42.4. The monoisotopic (exact) mass is 767 g/mol. The maximum absolute atomic E-state index is 4.23. The van der Waals surface area contributed by atoms with E-state index >= 15 is 0 Å². The molecule has 1 aromatic heterocycles. The molecule has 6 rings (SSSR count). The van der Waals surface area contributed by atoms with E-state index in [1.165, 1.54) is 70.9 Å². The summed E-state index contributed by atoms with van der Waals surface area (Å²) in [5.41, 5.74) is 18.6. The Kier molecular flexibility index (Phi) is 14.7. The van der Waals surface area contributed by atoms with Crippen LogP contribution in [0.4, 0.5) is 0 Å². The van der Waals surface area contributed by atoms with Crippen LogP contribution in [0.2, 0.25) is 0 Å². The largest absolute Gasteiger partial charge is 0.319 e. The van der Waals surface area contributed by atoms with Crippen LogP contribution in [0.15, 0.2) is 215 Å². The van der Waals surface area contributed by atoms with E-state index in [4.69, 9.17) is 0 Å². The van der Waals surface area contributed by atoms with Crippen molar-refractivity contribution in [3.63, 3.8) is 0 Å². The van der Waals surface area contributed by atoms with Gasteiger partial charge in [-0.1, -0.05) is 148 Å². The van der Waals surface area contributed by atoms with E-state index in [1.807, 2.05) is 60.8 Å². The van der Waals surface area contributed by atoms with Crippen molar-refractivity contribution in [3.05, 3.63) is 225 Å². The van der Waals surface area contributed by atoms with Gasteiger partial charge in [0.25, 0.3) is 0 Å². The van der Waals surface area contributed by atoms with Gasteiger partial charge in [0.05, 0.1) is 0 Å². The summed E-state index contributed by atoms with van der Waals surface area (Å²) in [7, 11) is 0. The van der Waals surface area contributed by atoms with Gasteiger partial charge in [-0.2, -0.15) is 0 Å². The van der Waals surface area contributed by atoms with Gasteiger partial charge in [0.1, 0.15) is 0 Å². The number of thiophene rings is 1. The fourth-order valence-electron chi connectivity index (χ4n) is 7.79. The summed E-state index contributed by atoms with van der Waals surface area (Å²) in [4.78, 5) is 3.85. The molecule has 1 unspecified atom stereocenters. The third kappa shape index (κ3) is 10.1. The predicted octanol–water partition coefficient (Wildman–Crippen LogP) is 16.4. The van der Waals surface area contributed by atoms with Gasteiger partial charge in [0.15, 0.2) is 0 Å². The predicted molar refractivity (Wildman–Crippen MR) is 254 cm³/mol. The third-order valence-corrected chi connectivity index (χ3v) is 12.7. The van der Waals surface area contributed by atoms with Gasteiger partial charge in [0.2, 0.25) is 0 Å². The molecule has 2 heteroatoms. The average molecular weight is 768 g/mol. The van der Waals surface area contributed by atoms with Crippen LogP contribution in [-0.4, -0.2) is 4.90 Å². The Morgan fingerprint density at radius 2 is 1.72 bits per heavy atom. The summed E-state index contributed by atoms with van der Waals surface area (Å²) < 4.78 is 1.39. The van der Waals surface area contributed by atoms with Gasteiger partial charge >= 0.3 is 0 Å². The fraction of sp³-hybridized carbons (Fsp3) is 0.255. The molecular formula is C55H61NS. The molecule has 2 aromatic rings. The molecule has 0 aliphatic heterocycles. The quantitative estimate of drug-likeness (QED) is 0.132. The van der Waals surface area contributed by atoms with Gasteiger partial charge in [0, 0.05) is 32.6 Å². The standard InChI is InChI=1S/C40H47N.C15H14S/c1-10-13-15-20-30(4)21-18-22-32(6)41(31(5)11-2)35-24-19-28-40(8,9)33(7)37(27-26-35)39-29-34-23-16-14-17-25-38(34)36(39)12-3;1-10(2)11-7-5-8-13-12-6-3-4-9-14(12)16-15(11)13/h10-15,17-26H,3-4,27-29H2,1-2,5-9H3;3-6,8-9,11H,1,7H2,2H3/b13-10-,20-15-,21-18-,24-19-,31-11+,32-22+,35-26+,37-33+;. The molecule has 1 nitrogen and oxygen atoms in total. The number of hydrogen-bond donors (Lipinski definition) is 0. The number of fused-ring (bicyclic) bond motifs is 3. The Morgan fingerprint density at radius 1 is 0.947 bits per heavy atom. The Morgan fingerprint density at radius 3 is 2.46 bits per heavy atom. The molecule has 4 aliphatic carbocycles. The Bertz CT molecular complexity index is 2360. The van der Waals surface area contributed by atoms with Crippen LogP contribution in [-0.2, 0) is 0 Å². The van der Waals surface area contributed by atoms with E-state index in [0.717, 1.165) is 37.0 Å². The van der Waals surface area contributed by atoms with Crippen molar-refractivity contribution in [2.75, 3.05) is 0 Å². The highest BCUT2D eigenvalue weighted by Crippen LogP contribution is 2.46. The van der Waals surface area contributed by atoms with Gasteiger partial charge in [-0.05, 0) is 147 Å². The van der Waals surface area contributed by atoms with E-state index in [2.05, 4.69) is 170 Å². The smallest absolute Gasteiger partial charge is 0.0415 e. The second-order valence-corrected chi connectivity index (χ2v) is 16.9. The second kappa shape index (κ2) is 19.6. The van der Waals surface area contributed by atoms with Crippen molar-refractivity contribution in [3.8, 4) is 0 Å². The zero-order chi connectivity index (χ0) is 41.1. The molecule has 1 aromatic carbocycles. The average Bonchev–Trinajstić information content (AvgIpc) is 3.67. The summed E-state index contributed by atoms with van der Waals surface area (Å²) in [5.74, 6) is 0.525. The van der Waals surface area contributed by atoms with E-state index < -0.39 is 0 Å². The van der Waals surface area contributed by atoms with Crippen molar-refractivity contribution in [1.29, 1.82) is 0 Å². The van der Waals surface area contributed by atoms with Crippen molar-refractivity contribution < 1.29 is 0 Å². The molecule has 57 heavy (non-hydrogen) atoms. The lowest BCUT2D eigenvalue weighted by Crippen LogP contribution is -2.18. The lowest BCUT2D eigenvalue weighted by molar-refractivity contribution is 0.448. The highest BCUT2D eigenvalue weighted by Gasteiger charge is 2.29. The van der Waals surface area contributed by atoms with Crippen LogP contribution >= 0.6 is 11.3 Å². The van der Waals surface area contributed by atoms with E-state index in [0.29, 0.717) is 5.92 Å². The topological polar surface area (TPSA) is 3.24 Å². The van der Waals surface area contributed by atoms with Crippen LogP contribution in [0.1, 0.15) is 97.4 Å². The van der Waals surface area contributed by atoms with Gasteiger partial charge in [-0.25, -0.2) is 0 Å². The van der Waals surface area contributed by atoms with Crippen LogP contribution in [0.3, 0.4) is 0 Å². The zero-order valence-electron chi connectivity index (χ0n) is 35.6. The lowest BCUT2D eigenvalue weighted by Gasteiger charge is -2.28. The molecule has 0 bridgehead atoms. The van der Waals surface area contributed by atoms with Crippen molar-refractivity contribution in [1.82, 2.24) is 4.90 Å². The Labute approximate surface area is 348 Å². The summed E-state index contributed by atoms with van der Waals surface area (Å²) in [5, 5.41) is 1.39. The number of rotatable bonds is 10. The maximum Gasteiger partial charge on any atom is 0.0415 e. The minimum Gasteiger partial charge on any atom is -0.319 e. The van der Waals surface area contributed by atoms with Crippen molar-refractivity contribution in [2.45, 2.75) is 87.0 Å². The summed E-state index contributed by atoms with van der Waals surface area (Å²) in [6.45, 7) is 30.1. The molecule has 0 spiro atoms. The number of benzene rings is 1. The number of nitrogens with zero attached hydrogens (tertiary/aromatic N) is 1. The fourth-order valence-corrected chi connectivity index (χ4v) is 9.19. The molecule has 0 fully saturated rings. The van der Waals surface area contributed by atoms with Gasteiger partial charge in [-0.3, -0.25) is 0 Å². The zero-order valence-corrected chi connectivity index (χ0v) is 36.4. The minimum absolute atomic E-state index is 0.0366. The van der Waals surface area contributed by atoms with Crippen LogP contribution in [0.25, 0.3) is 16.2 Å². The Hall–Kier alpha value is -5.40. The minimum atomic E-state index is 0.0366. The lowest BCUT2D eigenvalue weighted by atomic mass is 9.77. The second-order valence-electron chi connectivity index (χ2n) is 15.8. The molecule has 0 amide bonds. The molecule has 1 atom stereocenters. The molecule has 0 N–H and O–H groups in total. The van der Waals surface area contributed by atoms with Crippen LogP contribution in [0.5, 0.6) is 0 Å². The summed E-state index contributed by atoms with van der Waals surface area (Å²) in [6, 6.07) is 8.66. The van der Waals surface area contributed by atoms with Gasteiger partial charge in [-0.15, -0.1) is 17.1 Å². The molecule has 1 heterocycles. The number of hydrogen-bond acceptors (Lipinski definition) is 2. The van der Waals surface area contributed by atoms with Gasteiger partial charge < -0.3 is 4.90 Å². The number of allylic oxidation sites excluding steroid dienone is 26. The first-order valence-corrected chi connectivity index (χ1v) is 21.1. The molecular weight excluding hydrogens is 707 g/mol. The first-order valence-electron chi connectivity index (χ1n) is 20.3. The first kappa shape index (κ1) is 42.7. The first-order chi connectivity index (χ1) is 27.4. The van der Waals surface area contributed by atoms with E-state index in [1.54, 1.807) is 0 Å². The molecule has 0 saturated heterocycles. The van der Waals surface area contributed by atoms with E-state index in [9.17, 15) is 0 Å². The molecule has 0 radical (unpaired) electrons. The van der Waals surface area contributed by atoms with Crippen molar-refractivity contribution >= 4 is 27.5 Å².